The minimum absolute atomic E-state index is 0.419. The first-order chi connectivity index (χ1) is 10.2. The van der Waals surface area contributed by atoms with Crippen molar-refractivity contribution < 1.29 is 0 Å². The smallest absolute Gasteiger partial charge is 0.125 e. The van der Waals surface area contributed by atoms with Crippen LogP contribution in [0.4, 0.5) is 0 Å². The van der Waals surface area contributed by atoms with Gasteiger partial charge in [-0.15, -0.1) is 11.6 Å². The second kappa shape index (κ2) is 6.07. The van der Waals surface area contributed by atoms with Gasteiger partial charge < -0.3 is 4.57 Å². The molecule has 3 nitrogen and oxygen atoms in total. The van der Waals surface area contributed by atoms with Gasteiger partial charge in [-0.05, 0) is 43.4 Å². The van der Waals surface area contributed by atoms with Crippen LogP contribution in [-0.2, 0) is 5.88 Å². The molecule has 21 heavy (non-hydrogen) atoms. The van der Waals surface area contributed by atoms with Crippen molar-refractivity contribution in [2.45, 2.75) is 50.9 Å². The molecule has 1 aliphatic carbocycles. The summed E-state index contributed by atoms with van der Waals surface area (Å²) in [5, 5.41) is 9.14. The highest BCUT2D eigenvalue weighted by atomic mass is 35.5. The Morgan fingerprint density at radius 3 is 2.95 bits per heavy atom. The number of rotatable bonds is 2. The fourth-order valence-corrected chi connectivity index (χ4v) is 3.63. The van der Waals surface area contributed by atoms with E-state index in [1.165, 1.54) is 32.1 Å². The Kier molecular flexibility index (Phi) is 4.17. The molecule has 0 bridgehead atoms. The molecule has 110 valence electrons. The van der Waals surface area contributed by atoms with Crippen molar-refractivity contribution >= 4 is 22.6 Å². The second-order valence-electron chi connectivity index (χ2n) is 6.11. The van der Waals surface area contributed by atoms with E-state index >= 15 is 0 Å². The van der Waals surface area contributed by atoms with Crippen LogP contribution < -0.4 is 0 Å². The van der Waals surface area contributed by atoms with E-state index in [4.69, 9.17) is 16.9 Å². The fourth-order valence-electron chi connectivity index (χ4n) is 3.44. The molecule has 2 atom stereocenters. The number of halogens is 1. The molecule has 0 spiro atoms. The molecule has 0 aliphatic heterocycles. The van der Waals surface area contributed by atoms with Crippen molar-refractivity contribution in [2.75, 3.05) is 0 Å². The van der Waals surface area contributed by atoms with Gasteiger partial charge in [0.2, 0.25) is 0 Å². The SMILES string of the molecule is CC1CCCC(n2c(CCl)nc3ccc(C#N)cc32)CC1. The number of benzene rings is 1. The van der Waals surface area contributed by atoms with Gasteiger partial charge in [0, 0.05) is 6.04 Å². The second-order valence-corrected chi connectivity index (χ2v) is 6.38. The van der Waals surface area contributed by atoms with Crippen LogP contribution in [0, 0.1) is 17.2 Å². The van der Waals surface area contributed by atoms with Crippen LogP contribution in [-0.4, -0.2) is 9.55 Å². The van der Waals surface area contributed by atoms with Crippen molar-refractivity contribution in [3.05, 3.63) is 29.6 Å². The Bertz CT molecular complexity index is 683. The monoisotopic (exact) mass is 301 g/mol. The molecule has 1 saturated carbocycles. The molecule has 1 heterocycles. The highest BCUT2D eigenvalue weighted by Crippen LogP contribution is 2.34. The zero-order chi connectivity index (χ0) is 14.8. The van der Waals surface area contributed by atoms with E-state index in [1.807, 2.05) is 18.2 Å². The first-order valence-corrected chi connectivity index (χ1v) is 8.23. The van der Waals surface area contributed by atoms with Crippen LogP contribution in [0.5, 0.6) is 0 Å². The third-order valence-corrected chi connectivity index (χ3v) is 4.84. The summed E-state index contributed by atoms with van der Waals surface area (Å²) < 4.78 is 2.29. The molecule has 0 amide bonds. The maximum Gasteiger partial charge on any atom is 0.125 e. The third kappa shape index (κ3) is 2.78. The van der Waals surface area contributed by atoms with E-state index in [2.05, 4.69) is 22.5 Å². The molecule has 0 saturated heterocycles. The lowest BCUT2D eigenvalue weighted by Crippen LogP contribution is -2.11. The largest absolute Gasteiger partial charge is 0.324 e. The maximum atomic E-state index is 9.14. The van der Waals surface area contributed by atoms with Gasteiger partial charge in [-0.3, -0.25) is 0 Å². The number of nitriles is 1. The first kappa shape index (κ1) is 14.4. The summed E-state index contributed by atoms with van der Waals surface area (Å²) in [5.74, 6) is 2.16. The lowest BCUT2D eigenvalue weighted by molar-refractivity contribution is 0.433. The summed E-state index contributed by atoms with van der Waals surface area (Å²) in [6.45, 7) is 2.34. The number of fused-ring (bicyclic) bond motifs is 1. The standard InChI is InChI=1S/C17H20ClN3/c1-12-3-2-4-14(7-5-12)21-16-9-13(11-19)6-8-15(16)20-17(21)10-18/h6,8-9,12,14H,2-5,7,10H2,1H3. The van der Waals surface area contributed by atoms with Gasteiger partial charge in [0.1, 0.15) is 5.82 Å². The van der Waals surface area contributed by atoms with Gasteiger partial charge in [0.05, 0.1) is 28.5 Å². The van der Waals surface area contributed by atoms with Crippen LogP contribution in [0.2, 0.25) is 0 Å². The lowest BCUT2D eigenvalue weighted by atomic mass is 10.0. The molecular formula is C17H20ClN3. The number of hydrogen-bond acceptors (Lipinski definition) is 2. The minimum Gasteiger partial charge on any atom is -0.324 e. The van der Waals surface area contributed by atoms with Gasteiger partial charge in [-0.2, -0.15) is 5.26 Å². The number of imidazole rings is 1. The summed E-state index contributed by atoms with van der Waals surface area (Å²) in [4.78, 5) is 4.65. The molecule has 0 radical (unpaired) electrons. The zero-order valence-corrected chi connectivity index (χ0v) is 13.1. The number of hydrogen-bond donors (Lipinski definition) is 0. The molecule has 4 heteroatoms. The van der Waals surface area contributed by atoms with Gasteiger partial charge in [-0.25, -0.2) is 4.98 Å². The topological polar surface area (TPSA) is 41.6 Å². The predicted molar refractivity (Wildman–Crippen MR) is 85.3 cm³/mol. The Labute approximate surface area is 130 Å². The van der Waals surface area contributed by atoms with Gasteiger partial charge in [-0.1, -0.05) is 19.8 Å². The van der Waals surface area contributed by atoms with Crippen LogP contribution in [0.3, 0.4) is 0 Å². The van der Waals surface area contributed by atoms with Crippen molar-refractivity contribution in [2.24, 2.45) is 5.92 Å². The third-order valence-electron chi connectivity index (χ3n) is 4.60. The first-order valence-electron chi connectivity index (χ1n) is 7.70. The average Bonchev–Trinajstić information content (AvgIpc) is 2.74. The predicted octanol–water partition coefficient (Wildman–Crippen LogP) is 4.79. The van der Waals surface area contributed by atoms with Crippen molar-refractivity contribution in [1.82, 2.24) is 9.55 Å². The Morgan fingerprint density at radius 1 is 1.33 bits per heavy atom. The molecule has 2 unspecified atom stereocenters. The zero-order valence-electron chi connectivity index (χ0n) is 12.3. The summed E-state index contributed by atoms with van der Waals surface area (Å²) in [7, 11) is 0. The number of nitrogens with zero attached hydrogens (tertiary/aromatic N) is 3. The highest BCUT2D eigenvalue weighted by Gasteiger charge is 2.22. The normalized spacial score (nSPS) is 22.9. The fraction of sp³-hybridized carbons (Fsp3) is 0.529. The minimum atomic E-state index is 0.419. The maximum absolute atomic E-state index is 9.14. The number of alkyl halides is 1. The van der Waals surface area contributed by atoms with Crippen molar-refractivity contribution in [3.63, 3.8) is 0 Å². The van der Waals surface area contributed by atoms with E-state index in [0.29, 0.717) is 17.5 Å². The Morgan fingerprint density at radius 2 is 2.19 bits per heavy atom. The molecule has 1 aromatic heterocycles. The molecule has 3 rings (SSSR count). The van der Waals surface area contributed by atoms with Gasteiger partial charge in [0.25, 0.3) is 0 Å². The summed E-state index contributed by atoms with van der Waals surface area (Å²) >= 11 is 6.12. The Hall–Kier alpha value is -1.53. The van der Waals surface area contributed by atoms with E-state index in [9.17, 15) is 0 Å². The average molecular weight is 302 g/mol. The van der Waals surface area contributed by atoms with Crippen molar-refractivity contribution in [1.29, 1.82) is 5.26 Å². The Balaban J connectivity index is 2.08. The van der Waals surface area contributed by atoms with E-state index in [-0.39, 0.29) is 0 Å². The highest BCUT2D eigenvalue weighted by molar-refractivity contribution is 6.16. The lowest BCUT2D eigenvalue weighted by Gasteiger charge is -2.19. The van der Waals surface area contributed by atoms with Crippen LogP contribution >= 0.6 is 11.6 Å². The van der Waals surface area contributed by atoms with E-state index in [1.54, 1.807) is 0 Å². The molecule has 1 aliphatic rings. The summed E-state index contributed by atoms with van der Waals surface area (Å²) in [6.07, 6.45) is 6.17. The molecule has 1 aromatic carbocycles. The van der Waals surface area contributed by atoms with Crippen LogP contribution in [0.25, 0.3) is 11.0 Å². The van der Waals surface area contributed by atoms with E-state index in [0.717, 1.165) is 22.8 Å². The van der Waals surface area contributed by atoms with Crippen LogP contribution in [0.1, 0.15) is 56.5 Å². The van der Waals surface area contributed by atoms with Gasteiger partial charge >= 0.3 is 0 Å². The van der Waals surface area contributed by atoms with Gasteiger partial charge in [0.15, 0.2) is 0 Å². The summed E-state index contributed by atoms with van der Waals surface area (Å²) in [5.41, 5.74) is 2.69. The van der Waals surface area contributed by atoms with Crippen molar-refractivity contribution in [3.8, 4) is 6.07 Å². The molecule has 0 N–H and O–H groups in total. The molecule has 2 aromatic rings. The number of aromatic nitrogens is 2. The molecular weight excluding hydrogens is 282 g/mol. The quantitative estimate of drug-likeness (QED) is 0.591. The molecule has 1 fully saturated rings. The van der Waals surface area contributed by atoms with Crippen LogP contribution in [0.15, 0.2) is 18.2 Å². The van der Waals surface area contributed by atoms with E-state index < -0.39 is 0 Å². The summed E-state index contributed by atoms with van der Waals surface area (Å²) in [6, 6.07) is 8.39.